The molecular weight excluding hydrogens is 598 g/mol. The van der Waals surface area contributed by atoms with Crippen LogP contribution < -0.4 is 15.8 Å². The van der Waals surface area contributed by atoms with Gasteiger partial charge in [0.15, 0.2) is 0 Å². The first kappa shape index (κ1) is 29.5. The lowest BCUT2D eigenvalue weighted by molar-refractivity contribution is -0.0103. The van der Waals surface area contributed by atoms with Crippen molar-refractivity contribution in [2.45, 2.75) is 56.0 Å². The van der Waals surface area contributed by atoms with Gasteiger partial charge in [0.05, 0.1) is 41.9 Å². The molecule has 1 fully saturated rings. The van der Waals surface area contributed by atoms with Crippen LogP contribution in [0.2, 0.25) is 5.02 Å². The molecule has 6 rings (SSSR count). The maximum absolute atomic E-state index is 15.7. The van der Waals surface area contributed by atoms with Crippen LogP contribution in [0.5, 0.6) is 0 Å². The lowest BCUT2D eigenvalue weighted by Gasteiger charge is -2.33. The number of anilines is 2. The molecule has 1 aliphatic heterocycles. The van der Waals surface area contributed by atoms with Crippen LogP contribution in [-0.2, 0) is 14.8 Å². The average molecular weight is 629 g/mol. The van der Waals surface area contributed by atoms with Gasteiger partial charge in [-0.25, -0.2) is 27.2 Å². The fourth-order valence-corrected chi connectivity index (χ4v) is 7.10. The van der Waals surface area contributed by atoms with Crippen molar-refractivity contribution in [3.63, 3.8) is 0 Å². The fourth-order valence-electron chi connectivity index (χ4n) is 5.52. The van der Waals surface area contributed by atoms with E-state index in [0.717, 1.165) is 55.9 Å². The molecule has 1 saturated heterocycles. The molecule has 4 N–H and O–H groups in total. The minimum Gasteiger partial charge on any atom is -0.382 e. The molecule has 2 aromatic carbocycles. The number of nitrogen functional groups attached to an aromatic ring is 1. The number of allylic oxidation sites excluding steroid dienone is 1. The Balaban J connectivity index is 1.39. The number of halogens is 3. The number of aromatic nitrogens is 3. The second-order valence-electron chi connectivity index (χ2n) is 11.1. The summed E-state index contributed by atoms with van der Waals surface area (Å²) in [4.78, 5) is 8.90. The largest absolute Gasteiger partial charge is 0.382 e. The van der Waals surface area contributed by atoms with Crippen LogP contribution in [0, 0.1) is 11.6 Å². The molecule has 0 radical (unpaired) electrons. The number of hydrogen-bond donors (Lipinski definition) is 3. The van der Waals surface area contributed by atoms with E-state index in [1.165, 1.54) is 18.2 Å². The molecule has 0 saturated carbocycles. The molecule has 0 unspecified atom stereocenters. The topological polar surface area (TPSA) is 124 Å². The van der Waals surface area contributed by atoms with E-state index < -0.39 is 27.3 Å². The number of nitrogens with one attached hydrogen (secondary N) is 2. The standard InChI is InChI=1S/C30H31ClF2N6O3S/c1-16(2)30-37-27(20-11-23(33)24(12-22(20)32)38-43(40,41)26-6-4-3-5-21(26)31)28-29(34)35-13-25(39(28)30)17-7-9-18(10-8-17)36-19-14-42-15-19/h3-7,11-13,16,18-19,36,38H,8-10,14-15H2,1-2H3,(H2,34,35)/t18-/m1/s1. The Kier molecular flexibility index (Phi) is 7.88. The third kappa shape index (κ3) is 5.60. The van der Waals surface area contributed by atoms with Gasteiger partial charge in [0.2, 0.25) is 0 Å². The summed E-state index contributed by atoms with van der Waals surface area (Å²) in [6, 6.07) is 8.15. The first-order valence-corrected chi connectivity index (χ1v) is 15.9. The number of sulfonamides is 1. The molecule has 43 heavy (non-hydrogen) atoms. The normalized spacial score (nSPS) is 17.7. The zero-order valence-electron chi connectivity index (χ0n) is 23.6. The average Bonchev–Trinajstić information content (AvgIpc) is 3.35. The lowest BCUT2D eigenvalue weighted by atomic mass is 9.92. The molecule has 2 aliphatic rings. The van der Waals surface area contributed by atoms with Crippen molar-refractivity contribution < 1.29 is 21.9 Å². The van der Waals surface area contributed by atoms with Crippen molar-refractivity contribution in [2.75, 3.05) is 23.7 Å². The number of fused-ring (bicyclic) bond motifs is 1. The van der Waals surface area contributed by atoms with Gasteiger partial charge in [-0.2, -0.15) is 0 Å². The predicted octanol–water partition coefficient (Wildman–Crippen LogP) is 5.76. The van der Waals surface area contributed by atoms with E-state index >= 15 is 8.78 Å². The summed E-state index contributed by atoms with van der Waals surface area (Å²) in [5.74, 6) is -1.24. The number of nitrogens with two attached hydrogens (primary N) is 1. The van der Waals surface area contributed by atoms with Crippen molar-refractivity contribution >= 4 is 44.2 Å². The SMILES string of the molecule is CC(C)c1nc(-c2cc(F)c(NS(=O)(=O)c3ccccc3Cl)cc2F)c2c(N)ncc(C3=CC[C@@H](NC4COC4)CC3)n12. The first-order valence-electron chi connectivity index (χ1n) is 14.0. The highest BCUT2D eigenvalue weighted by atomic mass is 35.5. The van der Waals surface area contributed by atoms with Crippen molar-refractivity contribution in [1.82, 2.24) is 19.7 Å². The minimum absolute atomic E-state index is 0.0511. The molecule has 4 aromatic rings. The van der Waals surface area contributed by atoms with Gasteiger partial charge in [0.1, 0.15) is 39.4 Å². The molecule has 1 atom stereocenters. The second kappa shape index (κ2) is 11.5. The number of hydrogen-bond acceptors (Lipinski definition) is 7. The van der Waals surface area contributed by atoms with Crippen LogP contribution in [0.1, 0.15) is 50.5 Å². The van der Waals surface area contributed by atoms with E-state index in [0.29, 0.717) is 23.4 Å². The minimum atomic E-state index is -4.29. The molecule has 0 bridgehead atoms. The summed E-state index contributed by atoms with van der Waals surface area (Å²) in [7, 11) is -4.29. The smallest absolute Gasteiger partial charge is 0.263 e. The Morgan fingerprint density at radius 3 is 2.56 bits per heavy atom. The third-order valence-electron chi connectivity index (χ3n) is 7.76. The summed E-state index contributed by atoms with van der Waals surface area (Å²) in [5, 5.41) is 3.57. The highest BCUT2D eigenvalue weighted by Gasteiger charge is 2.28. The second-order valence-corrected chi connectivity index (χ2v) is 13.2. The summed E-state index contributed by atoms with van der Waals surface area (Å²) < 4.78 is 66.1. The van der Waals surface area contributed by atoms with Gasteiger partial charge in [0, 0.05) is 23.6 Å². The summed E-state index contributed by atoms with van der Waals surface area (Å²) >= 11 is 6.03. The molecule has 0 amide bonds. The Morgan fingerprint density at radius 2 is 1.91 bits per heavy atom. The zero-order chi connectivity index (χ0) is 30.5. The number of benzene rings is 2. The van der Waals surface area contributed by atoms with Crippen molar-refractivity contribution in [3.05, 3.63) is 76.8 Å². The van der Waals surface area contributed by atoms with Gasteiger partial charge in [0.25, 0.3) is 10.0 Å². The van der Waals surface area contributed by atoms with Crippen molar-refractivity contribution in [1.29, 1.82) is 0 Å². The first-order chi connectivity index (χ1) is 20.5. The zero-order valence-corrected chi connectivity index (χ0v) is 25.1. The van der Waals surface area contributed by atoms with E-state index in [2.05, 4.69) is 21.1 Å². The van der Waals surface area contributed by atoms with Crippen molar-refractivity contribution in [3.8, 4) is 11.3 Å². The van der Waals surface area contributed by atoms with Crippen LogP contribution in [-0.4, -0.2) is 48.1 Å². The van der Waals surface area contributed by atoms with E-state index in [1.54, 1.807) is 12.3 Å². The van der Waals surface area contributed by atoms with E-state index in [4.69, 9.17) is 27.1 Å². The monoisotopic (exact) mass is 628 g/mol. The quantitative estimate of drug-likeness (QED) is 0.227. The summed E-state index contributed by atoms with van der Waals surface area (Å²) in [6.45, 7) is 5.38. The number of nitrogens with zero attached hydrogens (tertiary/aromatic N) is 3. The maximum Gasteiger partial charge on any atom is 0.263 e. The van der Waals surface area contributed by atoms with Crippen LogP contribution in [0.25, 0.3) is 22.3 Å². The Bertz CT molecular complexity index is 1860. The predicted molar refractivity (Wildman–Crippen MR) is 162 cm³/mol. The van der Waals surface area contributed by atoms with E-state index in [9.17, 15) is 8.42 Å². The molecule has 0 spiro atoms. The summed E-state index contributed by atoms with van der Waals surface area (Å²) in [5.41, 5.74) is 7.96. The molecule has 9 nitrogen and oxygen atoms in total. The lowest BCUT2D eigenvalue weighted by Crippen LogP contribution is -2.50. The van der Waals surface area contributed by atoms with Crippen LogP contribution in [0.4, 0.5) is 20.3 Å². The maximum atomic E-state index is 15.7. The molecular formula is C30H31ClF2N6O3S. The summed E-state index contributed by atoms with van der Waals surface area (Å²) in [6.07, 6.45) is 6.43. The fraction of sp³-hybridized carbons (Fsp3) is 0.333. The van der Waals surface area contributed by atoms with E-state index in [-0.39, 0.29) is 32.9 Å². The van der Waals surface area contributed by atoms with Gasteiger partial charge in [-0.05, 0) is 43.0 Å². The van der Waals surface area contributed by atoms with Crippen LogP contribution in [0.3, 0.4) is 0 Å². The molecule has 2 aromatic heterocycles. The third-order valence-corrected chi connectivity index (χ3v) is 9.63. The van der Waals surface area contributed by atoms with Gasteiger partial charge in [-0.3, -0.25) is 9.12 Å². The van der Waals surface area contributed by atoms with Gasteiger partial charge in [-0.1, -0.05) is 43.7 Å². The van der Waals surface area contributed by atoms with Crippen LogP contribution in [0.15, 0.2) is 53.6 Å². The van der Waals surface area contributed by atoms with Gasteiger partial charge in [-0.15, -0.1) is 0 Å². The molecule has 3 heterocycles. The number of imidazole rings is 1. The van der Waals surface area contributed by atoms with Crippen molar-refractivity contribution in [2.24, 2.45) is 0 Å². The Hall–Kier alpha value is -3.58. The molecule has 226 valence electrons. The Labute approximate surface area is 253 Å². The van der Waals surface area contributed by atoms with E-state index in [1.807, 2.05) is 18.2 Å². The highest BCUT2D eigenvalue weighted by molar-refractivity contribution is 7.92. The van der Waals surface area contributed by atoms with Gasteiger partial charge >= 0.3 is 0 Å². The highest BCUT2D eigenvalue weighted by Crippen LogP contribution is 2.38. The van der Waals surface area contributed by atoms with Gasteiger partial charge < -0.3 is 15.8 Å². The molecule has 13 heteroatoms. The number of ether oxygens (including phenoxy) is 1. The Morgan fingerprint density at radius 1 is 1.14 bits per heavy atom. The molecule has 1 aliphatic carbocycles. The van der Waals surface area contributed by atoms with Crippen LogP contribution >= 0.6 is 11.6 Å². The number of rotatable bonds is 8.